The van der Waals surface area contributed by atoms with Crippen molar-refractivity contribution in [2.75, 3.05) is 11.9 Å². The fourth-order valence-corrected chi connectivity index (χ4v) is 1.42. The van der Waals surface area contributed by atoms with Crippen molar-refractivity contribution in [2.45, 2.75) is 6.18 Å². The van der Waals surface area contributed by atoms with E-state index in [1.54, 1.807) is 0 Å². The summed E-state index contributed by atoms with van der Waals surface area (Å²) in [6.45, 7) is -1.20. The molecule has 0 bridgehead atoms. The van der Waals surface area contributed by atoms with Crippen molar-refractivity contribution in [3.05, 3.63) is 30.0 Å². The van der Waals surface area contributed by atoms with Crippen LogP contribution in [-0.4, -0.2) is 33.8 Å². The third-order valence-electron chi connectivity index (χ3n) is 2.26. The normalized spacial score (nSPS) is 11.5. The molecule has 0 aliphatic heterocycles. The van der Waals surface area contributed by atoms with Crippen LogP contribution in [0, 0.1) is 0 Å². The van der Waals surface area contributed by atoms with Gasteiger partial charge in [-0.15, -0.1) is 0 Å². The molecule has 0 spiro atoms. The largest absolute Gasteiger partial charge is 0.478 e. The summed E-state index contributed by atoms with van der Waals surface area (Å²) in [6.07, 6.45) is -3.23. The van der Waals surface area contributed by atoms with Crippen LogP contribution in [0.2, 0.25) is 0 Å². The van der Waals surface area contributed by atoms with Crippen LogP contribution in [0.1, 0.15) is 10.4 Å². The molecule has 0 aliphatic carbocycles. The van der Waals surface area contributed by atoms with Gasteiger partial charge >= 0.3 is 12.1 Å². The second kappa shape index (κ2) is 4.71. The minimum atomic E-state index is -4.34. The van der Waals surface area contributed by atoms with Crippen LogP contribution in [0.3, 0.4) is 0 Å². The Labute approximate surface area is 105 Å². The number of halogens is 3. The Morgan fingerprint density at radius 2 is 2.11 bits per heavy atom. The second-order valence-electron chi connectivity index (χ2n) is 3.74. The lowest BCUT2D eigenvalue weighted by molar-refractivity contribution is -0.115. The summed E-state index contributed by atoms with van der Waals surface area (Å²) in [5.74, 6) is -1.10. The third-order valence-corrected chi connectivity index (χ3v) is 2.26. The lowest BCUT2D eigenvalue weighted by Gasteiger charge is -2.09. The number of nitrogens with one attached hydrogen (secondary N) is 1. The molecule has 0 saturated carbocycles. The van der Waals surface area contributed by atoms with Crippen molar-refractivity contribution in [1.82, 2.24) is 9.97 Å². The molecule has 0 radical (unpaired) electrons. The van der Waals surface area contributed by atoms with Crippen LogP contribution in [0.4, 0.5) is 19.0 Å². The zero-order valence-corrected chi connectivity index (χ0v) is 9.40. The highest BCUT2D eigenvalue weighted by molar-refractivity contribution is 5.91. The number of rotatable bonds is 3. The summed E-state index contributed by atoms with van der Waals surface area (Å²) < 4.78 is 36.1. The van der Waals surface area contributed by atoms with Gasteiger partial charge in [0.05, 0.1) is 5.56 Å². The van der Waals surface area contributed by atoms with Crippen molar-refractivity contribution in [2.24, 2.45) is 0 Å². The van der Waals surface area contributed by atoms with Crippen LogP contribution < -0.4 is 5.32 Å². The fraction of sp³-hybridized carbons (Fsp3) is 0.182. The van der Waals surface area contributed by atoms with E-state index in [0.29, 0.717) is 5.39 Å². The number of nitrogens with zero attached hydrogens (tertiary/aromatic N) is 2. The lowest BCUT2D eigenvalue weighted by atomic mass is 10.2. The summed E-state index contributed by atoms with van der Waals surface area (Å²) in [5.41, 5.74) is 0.169. The Hall–Kier alpha value is -2.38. The quantitative estimate of drug-likeness (QED) is 0.895. The summed E-state index contributed by atoms with van der Waals surface area (Å²) >= 11 is 0. The van der Waals surface area contributed by atoms with Gasteiger partial charge in [0.1, 0.15) is 12.4 Å². The van der Waals surface area contributed by atoms with Gasteiger partial charge in [-0.3, -0.25) is 0 Å². The van der Waals surface area contributed by atoms with Gasteiger partial charge in [0.15, 0.2) is 5.65 Å². The van der Waals surface area contributed by atoms with Crippen molar-refractivity contribution >= 4 is 22.8 Å². The van der Waals surface area contributed by atoms with Gasteiger partial charge in [0.2, 0.25) is 0 Å². The number of hydrogen-bond acceptors (Lipinski definition) is 4. The molecule has 2 aromatic heterocycles. The van der Waals surface area contributed by atoms with Gasteiger partial charge in [-0.05, 0) is 18.2 Å². The SMILES string of the molecule is O=C(O)c1cnc2nc(NCC(F)(F)F)ccc2c1. The monoisotopic (exact) mass is 271 g/mol. The van der Waals surface area contributed by atoms with E-state index in [1.807, 2.05) is 0 Å². The van der Waals surface area contributed by atoms with Crippen LogP contribution in [0.5, 0.6) is 0 Å². The predicted octanol–water partition coefficient (Wildman–Crippen LogP) is 2.30. The first-order chi connectivity index (χ1) is 8.85. The smallest absolute Gasteiger partial charge is 0.405 e. The molecule has 2 heterocycles. The second-order valence-corrected chi connectivity index (χ2v) is 3.74. The number of hydrogen-bond donors (Lipinski definition) is 2. The molecule has 0 amide bonds. The molecule has 2 aromatic rings. The fourth-order valence-electron chi connectivity index (χ4n) is 1.42. The number of carbonyl (C=O) groups is 1. The van der Waals surface area contributed by atoms with Gasteiger partial charge in [-0.1, -0.05) is 0 Å². The molecule has 19 heavy (non-hydrogen) atoms. The Balaban J connectivity index is 2.26. The first-order valence-electron chi connectivity index (χ1n) is 5.16. The number of anilines is 1. The van der Waals surface area contributed by atoms with Crippen molar-refractivity contribution in [3.63, 3.8) is 0 Å². The Bertz CT molecular complexity index is 628. The first kappa shape index (κ1) is 13.1. The van der Waals surface area contributed by atoms with Gasteiger partial charge in [-0.2, -0.15) is 13.2 Å². The van der Waals surface area contributed by atoms with Gasteiger partial charge in [0.25, 0.3) is 0 Å². The standard InChI is InChI=1S/C11H8F3N3O2/c12-11(13,14)5-16-8-2-1-6-3-7(10(18)19)4-15-9(6)17-8/h1-4H,5H2,(H,18,19)(H,15,16,17). The number of aromatic nitrogens is 2. The summed E-state index contributed by atoms with van der Waals surface area (Å²) in [7, 11) is 0. The highest BCUT2D eigenvalue weighted by atomic mass is 19.4. The minimum absolute atomic E-state index is 0.00898. The molecule has 2 rings (SSSR count). The first-order valence-corrected chi connectivity index (χ1v) is 5.16. The van der Waals surface area contributed by atoms with Crippen LogP contribution >= 0.6 is 0 Å². The van der Waals surface area contributed by atoms with Gasteiger partial charge < -0.3 is 10.4 Å². The number of aromatic carboxylic acids is 1. The maximum absolute atomic E-state index is 12.0. The number of alkyl halides is 3. The predicted molar refractivity (Wildman–Crippen MR) is 61.0 cm³/mol. The van der Waals surface area contributed by atoms with Gasteiger partial charge in [-0.25, -0.2) is 14.8 Å². The summed E-state index contributed by atoms with van der Waals surface area (Å²) in [5, 5.41) is 11.3. The van der Waals surface area contributed by atoms with Crippen molar-refractivity contribution < 1.29 is 23.1 Å². The van der Waals surface area contributed by atoms with Crippen molar-refractivity contribution in [1.29, 1.82) is 0 Å². The maximum atomic E-state index is 12.0. The summed E-state index contributed by atoms with van der Waals surface area (Å²) in [4.78, 5) is 18.4. The molecule has 0 aromatic carbocycles. The number of carboxylic acid groups (broad SMARTS) is 1. The van der Waals surface area contributed by atoms with Crippen LogP contribution in [-0.2, 0) is 0 Å². The van der Waals surface area contributed by atoms with Gasteiger partial charge in [0, 0.05) is 11.6 Å². The molecule has 5 nitrogen and oxygen atoms in total. The molecule has 2 N–H and O–H groups in total. The molecular weight excluding hydrogens is 263 g/mol. The number of pyridine rings is 2. The maximum Gasteiger partial charge on any atom is 0.405 e. The molecule has 0 unspecified atom stereocenters. The highest BCUT2D eigenvalue weighted by Gasteiger charge is 2.26. The highest BCUT2D eigenvalue weighted by Crippen LogP contribution is 2.18. The zero-order chi connectivity index (χ0) is 14.0. The number of carboxylic acids is 1. The average Bonchev–Trinajstić information content (AvgIpc) is 2.34. The lowest BCUT2D eigenvalue weighted by Crippen LogP contribution is -2.21. The van der Waals surface area contributed by atoms with E-state index in [4.69, 9.17) is 5.11 Å². The minimum Gasteiger partial charge on any atom is -0.478 e. The van der Waals surface area contributed by atoms with E-state index in [0.717, 1.165) is 6.20 Å². The molecule has 8 heteroatoms. The molecule has 100 valence electrons. The number of fused-ring (bicyclic) bond motifs is 1. The molecular formula is C11H8F3N3O2. The van der Waals surface area contributed by atoms with E-state index in [2.05, 4.69) is 15.3 Å². The zero-order valence-electron chi connectivity index (χ0n) is 9.40. The summed E-state index contributed by atoms with van der Waals surface area (Å²) in [6, 6.07) is 4.15. The Morgan fingerprint density at radius 3 is 2.74 bits per heavy atom. The topological polar surface area (TPSA) is 75.1 Å². The van der Waals surface area contributed by atoms with E-state index in [9.17, 15) is 18.0 Å². The van der Waals surface area contributed by atoms with E-state index in [1.165, 1.54) is 18.2 Å². The van der Waals surface area contributed by atoms with Crippen molar-refractivity contribution in [3.8, 4) is 0 Å². The molecule has 0 atom stereocenters. The molecule has 0 aliphatic rings. The van der Waals surface area contributed by atoms with Crippen LogP contribution in [0.25, 0.3) is 11.0 Å². The van der Waals surface area contributed by atoms with E-state index >= 15 is 0 Å². The molecule has 0 fully saturated rings. The Kier molecular flexibility index (Phi) is 3.24. The third kappa shape index (κ3) is 3.30. The molecule has 0 saturated heterocycles. The average molecular weight is 271 g/mol. The van der Waals surface area contributed by atoms with E-state index in [-0.39, 0.29) is 17.0 Å². The van der Waals surface area contributed by atoms with E-state index < -0.39 is 18.7 Å². The Morgan fingerprint density at radius 1 is 1.37 bits per heavy atom. The van der Waals surface area contributed by atoms with Crippen LogP contribution in [0.15, 0.2) is 24.4 Å².